The highest BCUT2D eigenvalue weighted by Crippen LogP contribution is 2.34. The Morgan fingerprint density at radius 2 is 1.55 bits per heavy atom. The molecule has 0 unspecified atom stereocenters. The van der Waals surface area contributed by atoms with Gasteiger partial charge in [0.05, 0.1) is 5.56 Å². The molecule has 0 fully saturated rings. The lowest BCUT2D eigenvalue weighted by molar-refractivity contribution is 0.0697. The number of amides is 2. The van der Waals surface area contributed by atoms with Crippen LogP contribution in [0.1, 0.15) is 10.4 Å². The normalized spacial score (nSPS) is 11.8. The maximum atomic E-state index is 11.9. The van der Waals surface area contributed by atoms with E-state index in [0.29, 0.717) is 22.9 Å². The molecule has 0 radical (unpaired) electrons. The van der Waals surface area contributed by atoms with Crippen molar-refractivity contribution in [2.45, 2.75) is 0 Å². The molecular weight excluding hydrogens is 288 g/mol. The molecule has 1 aliphatic rings. The number of aromatic carboxylic acids is 1. The third-order valence-electron chi connectivity index (χ3n) is 3.02. The number of hydrogen-bond acceptors (Lipinski definition) is 4. The molecule has 7 nitrogen and oxygen atoms in total. The van der Waals surface area contributed by atoms with Crippen LogP contribution in [0, 0.1) is 0 Å². The SMILES string of the molecule is O=C(Nc1ccc(C(=O)O)cc1)Nc1ccc2c(c1)OCO2. The summed E-state index contributed by atoms with van der Waals surface area (Å²) in [6.07, 6.45) is 0. The van der Waals surface area contributed by atoms with Crippen molar-refractivity contribution in [2.24, 2.45) is 0 Å². The zero-order chi connectivity index (χ0) is 15.5. The standard InChI is InChI=1S/C15H12N2O5/c18-14(19)9-1-3-10(4-2-9)16-15(20)17-11-5-6-12-13(7-11)22-8-21-12/h1-7H,8H2,(H,18,19)(H2,16,17,20). The fourth-order valence-corrected chi connectivity index (χ4v) is 1.96. The lowest BCUT2D eigenvalue weighted by Gasteiger charge is -2.08. The van der Waals surface area contributed by atoms with Crippen molar-refractivity contribution in [3.8, 4) is 11.5 Å². The molecule has 2 amide bonds. The van der Waals surface area contributed by atoms with Crippen LogP contribution in [0.3, 0.4) is 0 Å². The van der Waals surface area contributed by atoms with Gasteiger partial charge in [0.2, 0.25) is 6.79 Å². The Kier molecular flexibility index (Phi) is 3.53. The van der Waals surface area contributed by atoms with Crippen LogP contribution < -0.4 is 20.1 Å². The van der Waals surface area contributed by atoms with E-state index in [0.717, 1.165) is 0 Å². The second-order valence-corrected chi connectivity index (χ2v) is 4.53. The molecule has 7 heteroatoms. The van der Waals surface area contributed by atoms with Gasteiger partial charge in [-0.1, -0.05) is 0 Å². The maximum Gasteiger partial charge on any atom is 0.335 e. The van der Waals surface area contributed by atoms with E-state index in [4.69, 9.17) is 14.6 Å². The lowest BCUT2D eigenvalue weighted by Crippen LogP contribution is -2.19. The van der Waals surface area contributed by atoms with E-state index in [-0.39, 0.29) is 12.4 Å². The minimum atomic E-state index is -1.02. The third kappa shape index (κ3) is 2.93. The second kappa shape index (κ2) is 5.65. The van der Waals surface area contributed by atoms with Gasteiger partial charge in [-0.15, -0.1) is 0 Å². The number of hydrogen-bond donors (Lipinski definition) is 3. The first kappa shape index (κ1) is 13.7. The van der Waals surface area contributed by atoms with Crippen LogP contribution in [-0.2, 0) is 0 Å². The molecular formula is C15H12N2O5. The number of fused-ring (bicyclic) bond motifs is 1. The number of urea groups is 1. The number of ether oxygens (including phenoxy) is 2. The highest BCUT2D eigenvalue weighted by Gasteiger charge is 2.14. The molecule has 112 valence electrons. The number of nitrogens with one attached hydrogen (secondary N) is 2. The first-order valence-corrected chi connectivity index (χ1v) is 6.43. The first-order chi connectivity index (χ1) is 10.6. The Morgan fingerprint density at radius 1 is 0.909 bits per heavy atom. The molecule has 0 spiro atoms. The number of carboxylic acids is 1. The molecule has 22 heavy (non-hydrogen) atoms. The topological polar surface area (TPSA) is 96.9 Å². The van der Waals surface area contributed by atoms with Gasteiger partial charge >= 0.3 is 12.0 Å². The van der Waals surface area contributed by atoms with Crippen molar-refractivity contribution in [3.05, 3.63) is 48.0 Å². The summed E-state index contributed by atoms with van der Waals surface area (Å²) in [6.45, 7) is 0.168. The Hall–Kier alpha value is -3.22. The van der Waals surface area contributed by atoms with Gasteiger partial charge in [0.1, 0.15) is 0 Å². The van der Waals surface area contributed by atoms with Crippen molar-refractivity contribution in [1.29, 1.82) is 0 Å². The van der Waals surface area contributed by atoms with E-state index in [1.165, 1.54) is 24.3 Å². The van der Waals surface area contributed by atoms with Gasteiger partial charge in [-0.2, -0.15) is 0 Å². The molecule has 3 rings (SSSR count). The summed E-state index contributed by atoms with van der Waals surface area (Å²) in [6, 6.07) is 10.5. The Balaban J connectivity index is 1.63. The van der Waals surface area contributed by atoms with E-state index in [1.54, 1.807) is 18.2 Å². The number of carbonyl (C=O) groups is 2. The van der Waals surface area contributed by atoms with Gasteiger partial charge in [-0.05, 0) is 36.4 Å². The van der Waals surface area contributed by atoms with Gasteiger partial charge in [0, 0.05) is 17.4 Å². The lowest BCUT2D eigenvalue weighted by atomic mass is 10.2. The summed E-state index contributed by atoms with van der Waals surface area (Å²) in [7, 11) is 0. The molecule has 3 N–H and O–H groups in total. The molecule has 0 saturated carbocycles. The minimum absolute atomic E-state index is 0.154. The largest absolute Gasteiger partial charge is 0.478 e. The molecule has 2 aromatic carbocycles. The first-order valence-electron chi connectivity index (χ1n) is 6.43. The molecule has 0 bridgehead atoms. The molecule has 1 aliphatic heterocycles. The van der Waals surface area contributed by atoms with Gasteiger partial charge in [-0.3, -0.25) is 0 Å². The third-order valence-corrected chi connectivity index (χ3v) is 3.02. The van der Waals surface area contributed by atoms with Crippen molar-refractivity contribution in [2.75, 3.05) is 17.4 Å². The predicted octanol–water partition coefficient (Wildman–Crippen LogP) is 2.76. The van der Waals surface area contributed by atoms with E-state index in [9.17, 15) is 9.59 Å². The van der Waals surface area contributed by atoms with Crippen LogP contribution in [0.25, 0.3) is 0 Å². The molecule has 1 heterocycles. The number of rotatable bonds is 3. The van der Waals surface area contributed by atoms with Gasteiger partial charge in [-0.25, -0.2) is 9.59 Å². The van der Waals surface area contributed by atoms with E-state index < -0.39 is 12.0 Å². The van der Waals surface area contributed by atoms with Gasteiger partial charge in [0.15, 0.2) is 11.5 Å². The van der Waals surface area contributed by atoms with Crippen molar-refractivity contribution in [1.82, 2.24) is 0 Å². The van der Waals surface area contributed by atoms with E-state index >= 15 is 0 Å². The molecule has 0 atom stereocenters. The smallest absolute Gasteiger partial charge is 0.335 e. The predicted molar refractivity (Wildman–Crippen MR) is 78.6 cm³/mol. The van der Waals surface area contributed by atoms with Crippen molar-refractivity contribution < 1.29 is 24.2 Å². The Morgan fingerprint density at radius 3 is 2.27 bits per heavy atom. The summed E-state index contributed by atoms with van der Waals surface area (Å²) in [5.41, 5.74) is 1.20. The molecule has 2 aromatic rings. The van der Waals surface area contributed by atoms with Gasteiger partial charge in [0.25, 0.3) is 0 Å². The van der Waals surface area contributed by atoms with Crippen LogP contribution in [0.2, 0.25) is 0 Å². The zero-order valence-corrected chi connectivity index (χ0v) is 11.3. The summed E-state index contributed by atoms with van der Waals surface area (Å²) < 4.78 is 10.4. The number of benzene rings is 2. The quantitative estimate of drug-likeness (QED) is 0.809. The second-order valence-electron chi connectivity index (χ2n) is 4.53. The van der Waals surface area contributed by atoms with E-state index in [1.807, 2.05) is 0 Å². The number of carboxylic acid groups (broad SMARTS) is 1. The molecule has 0 aromatic heterocycles. The molecule has 0 aliphatic carbocycles. The van der Waals surface area contributed by atoms with Crippen LogP contribution >= 0.6 is 0 Å². The highest BCUT2D eigenvalue weighted by molar-refractivity contribution is 6.00. The zero-order valence-electron chi connectivity index (χ0n) is 11.3. The highest BCUT2D eigenvalue weighted by atomic mass is 16.7. The fourth-order valence-electron chi connectivity index (χ4n) is 1.96. The average Bonchev–Trinajstić information content (AvgIpc) is 2.95. The van der Waals surface area contributed by atoms with Crippen LogP contribution in [0.15, 0.2) is 42.5 Å². The van der Waals surface area contributed by atoms with Crippen molar-refractivity contribution in [3.63, 3.8) is 0 Å². The number of anilines is 2. The minimum Gasteiger partial charge on any atom is -0.478 e. The fraction of sp³-hybridized carbons (Fsp3) is 0.0667. The number of carbonyl (C=O) groups excluding carboxylic acids is 1. The Labute approximate surface area is 125 Å². The maximum absolute atomic E-state index is 11.9. The summed E-state index contributed by atoms with van der Waals surface area (Å²) in [4.78, 5) is 22.6. The molecule has 0 saturated heterocycles. The summed E-state index contributed by atoms with van der Waals surface area (Å²) in [5.74, 6) is 0.190. The van der Waals surface area contributed by atoms with Crippen LogP contribution in [-0.4, -0.2) is 23.9 Å². The van der Waals surface area contributed by atoms with Crippen LogP contribution in [0.5, 0.6) is 11.5 Å². The summed E-state index contributed by atoms with van der Waals surface area (Å²) >= 11 is 0. The van der Waals surface area contributed by atoms with Gasteiger partial charge < -0.3 is 25.2 Å². The average molecular weight is 300 g/mol. The van der Waals surface area contributed by atoms with Crippen LogP contribution in [0.4, 0.5) is 16.2 Å². The summed E-state index contributed by atoms with van der Waals surface area (Å²) in [5, 5.41) is 14.1. The van der Waals surface area contributed by atoms with Crippen molar-refractivity contribution >= 4 is 23.4 Å². The monoisotopic (exact) mass is 300 g/mol. The van der Waals surface area contributed by atoms with E-state index in [2.05, 4.69) is 10.6 Å². The Bertz CT molecular complexity index is 727.